The molecule has 3 fully saturated rings. The lowest BCUT2D eigenvalue weighted by Crippen LogP contribution is -3.00. The zero-order valence-corrected chi connectivity index (χ0v) is 33.6. The molecule has 1 saturated carbocycles. The molecular weight excluding hydrogens is 859 g/mol. The SMILES string of the molecule is NC1CC(N)[C@@H](OC2O[C@H](CO)C(O)[C@@H](N)[C@H]2O)[C@@H](O)C1O[C@H]1OC(CNC(=O)c2ccccc2-c2c3ccc(=O)cc-3oc3ccc(O)cc23)[C@@H](O)[C@H](O)C1O.[Cl-].[Cl-].[Cl-]. The van der Waals surface area contributed by atoms with E-state index in [1.54, 1.807) is 36.4 Å². The maximum atomic E-state index is 13.9. The van der Waals surface area contributed by atoms with Crippen molar-refractivity contribution in [1.29, 1.82) is 0 Å². The van der Waals surface area contributed by atoms with Crippen molar-refractivity contribution < 1.29 is 106 Å². The quantitative estimate of drug-likeness (QED) is 0.0694. The maximum absolute atomic E-state index is 13.9. The van der Waals surface area contributed by atoms with E-state index >= 15 is 0 Å². The van der Waals surface area contributed by atoms with Crippen LogP contribution in [0.5, 0.6) is 5.75 Å². The number of nitrogens with one attached hydrogen (secondary N) is 1. The number of phenols is 1. The van der Waals surface area contributed by atoms with Gasteiger partial charge in [0.1, 0.15) is 78.1 Å². The summed E-state index contributed by atoms with van der Waals surface area (Å²) in [6.45, 7) is -1.06. The van der Waals surface area contributed by atoms with Crippen LogP contribution in [0.4, 0.5) is 0 Å². The van der Waals surface area contributed by atoms with Crippen LogP contribution in [0.15, 0.2) is 69.9 Å². The van der Waals surface area contributed by atoms with Gasteiger partial charge in [-0.15, -0.1) is 0 Å². The van der Waals surface area contributed by atoms with Crippen LogP contribution in [0, 0.1) is 0 Å². The third kappa shape index (κ3) is 9.53. The summed E-state index contributed by atoms with van der Waals surface area (Å²) in [7, 11) is 0. The Labute approximate surface area is 360 Å². The number of hydrogen-bond donors (Lipinski definition) is 12. The van der Waals surface area contributed by atoms with Crippen LogP contribution in [0.2, 0.25) is 0 Å². The van der Waals surface area contributed by atoms with E-state index in [1.807, 2.05) is 0 Å². The molecule has 7 rings (SSSR count). The second-order valence-corrected chi connectivity index (χ2v) is 14.6. The number of rotatable bonds is 9. The van der Waals surface area contributed by atoms with Gasteiger partial charge < -0.3 is 124 Å². The number of ether oxygens (including phenoxy) is 4. The number of benzene rings is 3. The van der Waals surface area contributed by atoms with Gasteiger partial charge in [0.05, 0.1) is 12.6 Å². The predicted molar refractivity (Wildman–Crippen MR) is 197 cm³/mol. The fourth-order valence-corrected chi connectivity index (χ4v) is 7.71. The highest BCUT2D eigenvalue weighted by Gasteiger charge is 2.51. The van der Waals surface area contributed by atoms with E-state index in [1.165, 1.54) is 24.3 Å². The average molecular weight is 905 g/mol. The average Bonchev–Trinajstić information content (AvgIpc) is 3.19. The van der Waals surface area contributed by atoms with Gasteiger partial charge in [0, 0.05) is 46.8 Å². The number of phenolic OH excluding ortho intramolecular Hbond substituents is 1. The highest BCUT2D eigenvalue weighted by Crippen LogP contribution is 2.42. The molecule has 332 valence electrons. The van der Waals surface area contributed by atoms with Crippen LogP contribution in [0.25, 0.3) is 33.4 Å². The monoisotopic (exact) mass is 903 g/mol. The molecule has 2 aromatic rings. The Kier molecular flexibility index (Phi) is 16.7. The van der Waals surface area contributed by atoms with E-state index in [4.69, 9.17) is 40.6 Å². The minimum Gasteiger partial charge on any atom is -1.00 e. The van der Waals surface area contributed by atoms with Gasteiger partial charge in [0.25, 0.3) is 5.91 Å². The molecule has 22 heteroatoms. The van der Waals surface area contributed by atoms with Gasteiger partial charge in [-0.2, -0.15) is 0 Å². The second kappa shape index (κ2) is 20.3. The molecule has 0 spiro atoms. The summed E-state index contributed by atoms with van der Waals surface area (Å²) < 4.78 is 29.1. The molecule has 5 aliphatic rings. The van der Waals surface area contributed by atoms with Crippen molar-refractivity contribution in [3.05, 3.63) is 76.5 Å². The molecule has 0 bridgehead atoms. The summed E-state index contributed by atoms with van der Waals surface area (Å²) in [5, 5.41) is 87.9. The van der Waals surface area contributed by atoms with Crippen molar-refractivity contribution in [1.82, 2.24) is 5.32 Å². The van der Waals surface area contributed by atoms with Crippen molar-refractivity contribution in [2.75, 3.05) is 13.2 Å². The minimum absolute atomic E-state index is 0. The van der Waals surface area contributed by atoms with E-state index in [0.717, 1.165) is 0 Å². The first-order chi connectivity index (χ1) is 27.2. The number of carbonyl (C=O) groups is 1. The van der Waals surface area contributed by atoms with E-state index in [2.05, 4.69) is 5.32 Å². The summed E-state index contributed by atoms with van der Waals surface area (Å²) >= 11 is 0. The number of carbonyl (C=O) groups excluding carboxylic acids is 1. The van der Waals surface area contributed by atoms with Crippen LogP contribution in [0.1, 0.15) is 16.8 Å². The second-order valence-electron chi connectivity index (χ2n) is 14.6. The lowest BCUT2D eigenvalue weighted by Gasteiger charge is -2.48. The highest BCUT2D eigenvalue weighted by atomic mass is 35.5. The lowest BCUT2D eigenvalue weighted by atomic mass is 9.84. The summed E-state index contributed by atoms with van der Waals surface area (Å²) in [5.74, 6) is -0.443. The Balaban J connectivity index is 0.00000265. The van der Waals surface area contributed by atoms with Crippen LogP contribution < -0.4 is 65.2 Å². The number of fused-ring (bicyclic) bond motifs is 2. The molecule has 2 aliphatic carbocycles. The van der Waals surface area contributed by atoms with Gasteiger partial charge >= 0.3 is 0 Å². The molecular formula is C38H46Cl3N4O15-3. The predicted octanol–water partition coefficient (Wildman–Crippen LogP) is -12.2. The molecule has 3 heterocycles. The Morgan fingerprint density at radius 3 is 2.03 bits per heavy atom. The van der Waals surface area contributed by atoms with Gasteiger partial charge in [-0.1, -0.05) is 18.2 Å². The van der Waals surface area contributed by atoms with Crippen molar-refractivity contribution in [3.8, 4) is 28.2 Å². The van der Waals surface area contributed by atoms with Crippen molar-refractivity contribution in [2.24, 2.45) is 17.2 Å². The molecule has 0 radical (unpaired) electrons. The first-order valence-corrected chi connectivity index (χ1v) is 18.3. The third-order valence-electron chi connectivity index (χ3n) is 10.8. The van der Waals surface area contributed by atoms with Crippen LogP contribution in [-0.2, 0) is 18.9 Å². The topological polar surface area (TPSA) is 336 Å². The zero-order valence-electron chi connectivity index (χ0n) is 31.4. The molecule has 2 saturated heterocycles. The number of nitrogens with two attached hydrogens (primary N) is 3. The molecule has 7 unspecified atom stereocenters. The first kappa shape index (κ1) is 49.4. The van der Waals surface area contributed by atoms with E-state index in [0.29, 0.717) is 27.7 Å². The minimum atomic E-state index is -1.86. The summed E-state index contributed by atoms with van der Waals surface area (Å²) in [6.07, 6.45) is -18.6. The maximum Gasteiger partial charge on any atom is 0.252 e. The van der Waals surface area contributed by atoms with E-state index in [-0.39, 0.29) is 66.1 Å². The number of hydrogen-bond acceptors (Lipinski definition) is 18. The van der Waals surface area contributed by atoms with Crippen molar-refractivity contribution in [3.63, 3.8) is 0 Å². The fourth-order valence-electron chi connectivity index (χ4n) is 7.71. The Morgan fingerprint density at radius 1 is 0.733 bits per heavy atom. The van der Waals surface area contributed by atoms with Crippen LogP contribution in [-0.4, -0.2) is 152 Å². The van der Waals surface area contributed by atoms with Gasteiger partial charge in [0.2, 0.25) is 0 Å². The summed E-state index contributed by atoms with van der Waals surface area (Å²) in [5.41, 5.74) is 20.1. The van der Waals surface area contributed by atoms with Crippen molar-refractivity contribution in [2.45, 2.75) is 98.2 Å². The summed E-state index contributed by atoms with van der Waals surface area (Å²) in [4.78, 5) is 26.1. The van der Waals surface area contributed by atoms with Crippen LogP contribution in [0.3, 0.4) is 0 Å². The number of aliphatic hydroxyl groups excluding tert-OH is 7. The first-order valence-electron chi connectivity index (χ1n) is 18.3. The van der Waals surface area contributed by atoms with Gasteiger partial charge in [0.15, 0.2) is 18.0 Å². The Hall–Kier alpha value is -3.29. The fraction of sp³-hybridized carbons (Fsp3) is 0.474. The van der Waals surface area contributed by atoms with Gasteiger partial charge in [-0.05, 0) is 48.4 Å². The molecule has 1 amide bonds. The summed E-state index contributed by atoms with van der Waals surface area (Å²) in [6, 6.07) is 12.1. The lowest BCUT2D eigenvalue weighted by molar-refractivity contribution is -0.332. The normalized spacial score (nSPS) is 34.2. The standard InChI is InChI=1S/C38H46N4O15.3ClH/c39-20-11-21(40)35(33(51)34(20)56-37-30(48)27(41)28(46)25(13-43)55-37)57-38-32(50)31(49)29(47)24(54-38)12-42-36(52)17-4-2-1-3-16(17)26-18-7-5-15(45)10-23(18)53-22-8-6-14(44)9-19(22)26;;;/h1-10,20-21,24-25,27-35,37-38,43-44,46-51H,11-13,39-41H2,(H,42,52);3*1H/p-3/t20?,21?,24?,25-,27-,28?,29-,30-,31+,32?,33-,34-,35?,37?,38-;;;/m1.../s1. The molecule has 3 aliphatic heterocycles. The number of halogens is 3. The third-order valence-corrected chi connectivity index (χ3v) is 10.8. The number of aromatic hydroxyl groups is 1. The van der Waals surface area contributed by atoms with Gasteiger partial charge in [-0.3, -0.25) is 9.59 Å². The Morgan fingerprint density at radius 2 is 1.37 bits per heavy atom. The van der Waals surface area contributed by atoms with Crippen LogP contribution >= 0.6 is 0 Å². The number of amides is 1. The van der Waals surface area contributed by atoms with Crippen molar-refractivity contribution >= 4 is 16.9 Å². The molecule has 15 atom stereocenters. The molecule has 19 nitrogen and oxygen atoms in total. The highest BCUT2D eigenvalue weighted by molar-refractivity contribution is 6.09. The molecule has 2 aromatic carbocycles. The van der Waals surface area contributed by atoms with E-state index in [9.17, 15) is 50.4 Å². The largest absolute Gasteiger partial charge is 1.00 e. The van der Waals surface area contributed by atoms with Gasteiger partial charge in [-0.25, -0.2) is 0 Å². The zero-order chi connectivity index (χ0) is 40.9. The smallest absolute Gasteiger partial charge is 0.252 e. The molecule has 15 N–H and O–H groups in total. The molecule has 60 heavy (non-hydrogen) atoms. The number of aliphatic hydroxyl groups is 7. The Bertz CT molecular complexity index is 2100. The molecule has 0 aromatic heterocycles. The van der Waals surface area contributed by atoms with E-state index < -0.39 is 111 Å².